The van der Waals surface area contributed by atoms with Crippen LogP contribution in [0.5, 0.6) is 0 Å². The molecule has 4 rings (SSSR count). The number of allylic oxidation sites excluding steroid dienone is 1. The highest BCUT2D eigenvalue weighted by Crippen LogP contribution is 2.67. The van der Waals surface area contributed by atoms with E-state index in [1.165, 1.54) is 32.1 Å². The lowest BCUT2D eigenvalue weighted by molar-refractivity contribution is -0.0734. The summed E-state index contributed by atoms with van der Waals surface area (Å²) in [5.74, 6) is 3.26. The Kier molecular flexibility index (Phi) is 6.24. The minimum absolute atomic E-state index is 0.0918. The molecule has 3 heteroatoms. The summed E-state index contributed by atoms with van der Waals surface area (Å²) in [5, 5.41) is 31.7. The highest BCUT2D eigenvalue weighted by Gasteiger charge is 2.59. The van der Waals surface area contributed by atoms with Gasteiger partial charge in [-0.2, -0.15) is 0 Å². The summed E-state index contributed by atoms with van der Waals surface area (Å²) < 4.78 is 0. The predicted molar refractivity (Wildman–Crippen MR) is 126 cm³/mol. The van der Waals surface area contributed by atoms with Gasteiger partial charge >= 0.3 is 0 Å². The molecule has 31 heavy (non-hydrogen) atoms. The van der Waals surface area contributed by atoms with Crippen molar-refractivity contribution in [2.75, 3.05) is 0 Å². The van der Waals surface area contributed by atoms with E-state index in [2.05, 4.69) is 33.8 Å². The molecule has 3 nitrogen and oxygen atoms in total. The molecule has 0 aliphatic heterocycles. The minimum Gasteiger partial charge on any atom is -0.393 e. The molecule has 0 saturated heterocycles. The third kappa shape index (κ3) is 3.95. The first kappa shape index (κ1) is 23.8. The van der Waals surface area contributed by atoms with Gasteiger partial charge in [-0.15, -0.1) is 0 Å². The molecule has 4 aliphatic carbocycles. The highest BCUT2D eigenvalue weighted by atomic mass is 16.3. The maximum absolute atomic E-state index is 11.1. The Balaban J connectivity index is 1.51. The molecule has 0 spiro atoms. The molecule has 3 N–H and O–H groups in total. The van der Waals surface area contributed by atoms with Crippen molar-refractivity contribution in [3.05, 3.63) is 11.6 Å². The number of rotatable bonds is 5. The molecule has 0 aromatic heterocycles. The number of aliphatic hydroxyl groups excluding tert-OH is 2. The van der Waals surface area contributed by atoms with Crippen molar-refractivity contribution in [3.63, 3.8) is 0 Å². The van der Waals surface area contributed by atoms with Crippen molar-refractivity contribution in [2.45, 2.75) is 117 Å². The lowest BCUT2D eigenvalue weighted by Crippen LogP contribution is -2.51. The largest absolute Gasteiger partial charge is 0.393 e. The van der Waals surface area contributed by atoms with Crippen LogP contribution >= 0.6 is 0 Å². The quantitative estimate of drug-likeness (QED) is 0.487. The fourth-order valence-electron chi connectivity index (χ4n) is 8.68. The second-order valence-corrected chi connectivity index (χ2v) is 13.1. The Morgan fingerprint density at radius 2 is 1.77 bits per heavy atom. The van der Waals surface area contributed by atoms with Gasteiger partial charge in [-0.25, -0.2) is 0 Å². The van der Waals surface area contributed by atoms with Crippen LogP contribution in [0.15, 0.2) is 11.6 Å². The van der Waals surface area contributed by atoms with E-state index in [9.17, 15) is 15.3 Å². The zero-order chi connectivity index (χ0) is 22.8. The average molecular weight is 433 g/mol. The van der Waals surface area contributed by atoms with E-state index in [0.29, 0.717) is 23.2 Å². The minimum atomic E-state index is -0.740. The first-order chi connectivity index (χ1) is 14.4. The second-order valence-electron chi connectivity index (χ2n) is 13.1. The summed E-state index contributed by atoms with van der Waals surface area (Å²) in [6.07, 6.45) is 12.1. The maximum atomic E-state index is 11.1. The summed E-state index contributed by atoms with van der Waals surface area (Å²) in [7, 11) is 0. The molecule has 3 fully saturated rings. The van der Waals surface area contributed by atoms with Crippen molar-refractivity contribution in [1.29, 1.82) is 0 Å². The fourth-order valence-corrected chi connectivity index (χ4v) is 8.68. The van der Waals surface area contributed by atoms with Crippen LogP contribution in [0, 0.1) is 46.3 Å². The van der Waals surface area contributed by atoms with Gasteiger partial charge in [0.05, 0.1) is 17.8 Å². The van der Waals surface area contributed by atoms with E-state index in [0.717, 1.165) is 37.0 Å². The van der Waals surface area contributed by atoms with E-state index >= 15 is 0 Å². The third-order valence-corrected chi connectivity index (χ3v) is 11.2. The number of aliphatic hydroxyl groups is 3. The number of hydrogen-bond donors (Lipinski definition) is 3. The van der Waals surface area contributed by atoms with Crippen LogP contribution in [0.25, 0.3) is 0 Å². The number of fused-ring (bicyclic) bond motifs is 5. The van der Waals surface area contributed by atoms with E-state index in [1.807, 2.05) is 13.8 Å². The topological polar surface area (TPSA) is 60.7 Å². The van der Waals surface area contributed by atoms with Gasteiger partial charge in [-0.1, -0.05) is 39.3 Å². The van der Waals surface area contributed by atoms with Gasteiger partial charge in [-0.3, -0.25) is 0 Å². The first-order valence-electron chi connectivity index (χ1n) is 13.2. The summed E-state index contributed by atoms with van der Waals surface area (Å²) in [6, 6.07) is 0. The van der Waals surface area contributed by atoms with Crippen LogP contribution in [0.2, 0.25) is 0 Å². The lowest BCUT2D eigenvalue weighted by atomic mass is 9.47. The molecular weight excluding hydrogens is 384 g/mol. The molecule has 0 aromatic rings. The Labute approximate surface area is 190 Å². The van der Waals surface area contributed by atoms with Crippen molar-refractivity contribution in [1.82, 2.24) is 0 Å². The summed E-state index contributed by atoms with van der Waals surface area (Å²) in [4.78, 5) is 0. The second kappa shape index (κ2) is 8.13. The predicted octanol–water partition coefficient (Wildman–Crippen LogP) is 5.72. The van der Waals surface area contributed by atoms with Crippen molar-refractivity contribution >= 4 is 0 Å². The lowest BCUT2D eigenvalue weighted by Gasteiger charge is -2.58. The van der Waals surface area contributed by atoms with Crippen LogP contribution in [0.1, 0.15) is 99.3 Å². The summed E-state index contributed by atoms with van der Waals surface area (Å²) >= 11 is 0. The molecule has 178 valence electrons. The Hall–Kier alpha value is -0.380. The zero-order valence-corrected chi connectivity index (χ0v) is 20.9. The van der Waals surface area contributed by atoms with Crippen LogP contribution in [0.3, 0.4) is 0 Å². The highest BCUT2D eigenvalue weighted by molar-refractivity contribution is 5.25. The van der Waals surface area contributed by atoms with E-state index in [-0.39, 0.29) is 24.0 Å². The van der Waals surface area contributed by atoms with Crippen molar-refractivity contribution < 1.29 is 15.3 Å². The summed E-state index contributed by atoms with van der Waals surface area (Å²) in [5.41, 5.74) is 1.44. The SMILES string of the molecule is C[C@H](C(O)C[C@H](C)C(C)(C)O)[C@H]1CC[C@H]2[C@@H]3CC=C4CC(O)CC[C@]4(C)[C@H]3CC[C@]12C. The Bertz CT molecular complexity index is 693. The molecule has 10 atom stereocenters. The molecule has 0 bridgehead atoms. The zero-order valence-electron chi connectivity index (χ0n) is 20.9. The molecule has 2 unspecified atom stereocenters. The molecule has 0 heterocycles. The standard InChI is InChI=1S/C28H48O3/c1-17(26(3,4)31)15-25(30)18(2)22-9-10-23-21-8-7-19-16-20(29)11-13-27(19,5)24(21)12-14-28(22,23)6/h7,17-18,20-25,29-31H,8-16H2,1-6H3/t17-,18-,20?,21-,22+,23-,24-,25?,27-,28+/m0/s1. The molecule has 4 aliphatic rings. The average Bonchev–Trinajstić information content (AvgIpc) is 3.04. The van der Waals surface area contributed by atoms with Gasteiger partial charge in [0.1, 0.15) is 0 Å². The van der Waals surface area contributed by atoms with Gasteiger partial charge in [0.25, 0.3) is 0 Å². The molecule has 0 aromatic carbocycles. The fraction of sp³-hybridized carbons (Fsp3) is 0.929. The molecule has 0 amide bonds. The summed E-state index contributed by atoms with van der Waals surface area (Å²) in [6.45, 7) is 13.1. The monoisotopic (exact) mass is 432 g/mol. The van der Waals surface area contributed by atoms with Gasteiger partial charge in [0, 0.05) is 0 Å². The molecule has 0 radical (unpaired) electrons. The van der Waals surface area contributed by atoms with E-state index in [4.69, 9.17) is 0 Å². The maximum Gasteiger partial charge on any atom is 0.0618 e. The van der Waals surface area contributed by atoms with Crippen molar-refractivity contribution in [2.24, 2.45) is 46.3 Å². The third-order valence-electron chi connectivity index (χ3n) is 11.2. The van der Waals surface area contributed by atoms with Gasteiger partial charge in [-0.05, 0) is 118 Å². The Morgan fingerprint density at radius 1 is 1.06 bits per heavy atom. The van der Waals surface area contributed by atoms with Crippen LogP contribution in [-0.2, 0) is 0 Å². The number of hydrogen-bond acceptors (Lipinski definition) is 3. The molecular formula is C28H48O3. The van der Waals surface area contributed by atoms with Gasteiger partial charge in [0.15, 0.2) is 0 Å². The van der Waals surface area contributed by atoms with Crippen LogP contribution in [-0.4, -0.2) is 33.1 Å². The molecule has 3 saturated carbocycles. The van der Waals surface area contributed by atoms with Crippen LogP contribution < -0.4 is 0 Å². The van der Waals surface area contributed by atoms with Crippen molar-refractivity contribution in [3.8, 4) is 0 Å². The van der Waals surface area contributed by atoms with Gasteiger partial charge in [0.2, 0.25) is 0 Å². The first-order valence-corrected chi connectivity index (χ1v) is 13.2. The normalized spacial score (nSPS) is 45.7. The Morgan fingerprint density at radius 3 is 2.45 bits per heavy atom. The van der Waals surface area contributed by atoms with E-state index in [1.54, 1.807) is 5.57 Å². The smallest absolute Gasteiger partial charge is 0.0618 e. The van der Waals surface area contributed by atoms with E-state index < -0.39 is 5.60 Å². The van der Waals surface area contributed by atoms with Gasteiger partial charge < -0.3 is 15.3 Å². The van der Waals surface area contributed by atoms with Crippen LogP contribution in [0.4, 0.5) is 0 Å².